The number of anilines is 1. The van der Waals surface area contributed by atoms with Gasteiger partial charge in [0.1, 0.15) is 6.04 Å². The molecule has 2 atom stereocenters. The van der Waals surface area contributed by atoms with Crippen LogP contribution in [-0.4, -0.2) is 57.7 Å². The van der Waals surface area contributed by atoms with E-state index in [1.54, 1.807) is 7.05 Å². The summed E-state index contributed by atoms with van der Waals surface area (Å²) in [5.74, 6) is 0.148. The summed E-state index contributed by atoms with van der Waals surface area (Å²) in [6.45, 7) is 6.39. The van der Waals surface area contributed by atoms with Crippen LogP contribution in [0.15, 0.2) is 40.5 Å². The van der Waals surface area contributed by atoms with Crippen molar-refractivity contribution in [2.75, 3.05) is 19.4 Å². The van der Waals surface area contributed by atoms with Crippen LogP contribution in [0, 0.1) is 5.41 Å². The standard InChI is InChI=1S/C18H24N6O3.C4H6O2/c1-18(2,3)13(14-21-22-15(19)27-14)20-16(25)24-12-10-8-6-5-7-9-11(12)23(4)17(24)26;5-4-2-1-3-6-4/h5-7,9-11,13H,8H2,1-4H3,(H2,19,22)(H,20,25);1-3H2/b6-5-,9-7?,12-10+;/t11?,13-;/m1./s1. The summed E-state index contributed by atoms with van der Waals surface area (Å²) in [5, 5.41) is 10.4. The first kappa shape index (κ1) is 24.0. The second kappa shape index (κ2) is 9.88. The number of esters is 1. The molecule has 1 aromatic heterocycles. The Hall–Kier alpha value is -3.63. The van der Waals surface area contributed by atoms with Crippen molar-refractivity contribution in [3.05, 3.63) is 42.0 Å². The normalized spacial score (nSPS) is 23.4. The Morgan fingerprint density at radius 3 is 2.58 bits per heavy atom. The van der Waals surface area contributed by atoms with Gasteiger partial charge in [-0.15, -0.1) is 5.10 Å². The lowest BCUT2D eigenvalue weighted by atomic mass is 9.86. The van der Waals surface area contributed by atoms with E-state index in [1.165, 1.54) is 4.90 Å². The Bertz CT molecular complexity index is 982. The van der Waals surface area contributed by atoms with E-state index in [2.05, 4.69) is 20.3 Å². The van der Waals surface area contributed by atoms with Crippen molar-refractivity contribution in [2.45, 2.75) is 52.1 Å². The monoisotopic (exact) mass is 458 g/mol. The highest BCUT2D eigenvalue weighted by Gasteiger charge is 2.44. The highest BCUT2D eigenvalue weighted by Crippen LogP contribution is 2.34. The minimum absolute atomic E-state index is 0.0463. The fourth-order valence-electron chi connectivity index (χ4n) is 3.55. The molecule has 11 nitrogen and oxygen atoms in total. The molecule has 3 heterocycles. The van der Waals surface area contributed by atoms with E-state index in [9.17, 15) is 14.4 Å². The quantitative estimate of drug-likeness (QED) is 0.644. The van der Waals surface area contributed by atoms with E-state index in [0.29, 0.717) is 25.1 Å². The summed E-state index contributed by atoms with van der Waals surface area (Å²) in [7, 11) is 1.67. The molecule has 4 rings (SSSR count). The van der Waals surface area contributed by atoms with Gasteiger partial charge in [-0.1, -0.05) is 56.2 Å². The fourth-order valence-corrected chi connectivity index (χ4v) is 3.55. The van der Waals surface area contributed by atoms with Gasteiger partial charge in [-0.05, 0) is 18.3 Å². The van der Waals surface area contributed by atoms with Gasteiger partial charge >= 0.3 is 24.0 Å². The average Bonchev–Trinajstić information content (AvgIpc) is 3.42. The predicted octanol–water partition coefficient (Wildman–Crippen LogP) is 2.91. The molecule has 0 aromatic carbocycles. The Kier molecular flexibility index (Phi) is 7.19. The Morgan fingerprint density at radius 2 is 2.03 bits per heavy atom. The molecule has 0 radical (unpaired) electrons. The van der Waals surface area contributed by atoms with Crippen molar-refractivity contribution in [1.82, 2.24) is 25.3 Å². The number of ether oxygens (including phenoxy) is 1. The largest absolute Gasteiger partial charge is 0.466 e. The third-order valence-electron chi connectivity index (χ3n) is 5.30. The lowest BCUT2D eigenvalue weighted by Gasteiger charge is -2.30. The number of imide groups is 1. The maximum atomic E-state index is 13.1. The summed E-state index contributed by atoms with van der Waals surface area (Å²) >= 11 is 0. The van der Waals surface area contributed by atoms with Crippen LogP contribution < -0.4 is 11.1 Å². The zero-order valence-electron chi connectivity index (χ0n) is 19.3. The van der Waals surface area contributed by atoms with E-state index in [0.717, 1.165) is 11.3 Å². The van der Waals surface area contributed by atoms with Gasteiger partial charge in [-0.25, -0.2) is 14.5 Å². The van der Waals surface area contributed by atoms with Gasteiger partial charge in [-0.2, -0.15) is 0 Å². The average molecular weight is 459 g/mol. The third kappa shape index (κ3) is 5.60. The van der Waals surface area contributed by atoms with Crippen LogP contribution in [0.5, 0.6) is 0 Å². The second-order valence-electron chi connectivity index (χ2n) is 8.90. The van der Waals surface area contributed by atoms with Gasteiger partial charge in [-0.3, -0.25) is 4.79 Å². The zero-order valence-corrected chi connectivity index (χ0v) is 19.3. The summed E-state index contributed by atoms with van der Waals surface area (Å²) in [6.07, 6.45) is 11.7. The van der Waals surface area contributed by atoms with Crippen molar-refractivity contribution in [1.29, 1.82) is 0 Å². The SMILES string of the molecule is CN1C(=O)N(C(=O)N[C@H](c2nnc(N)o2)C(C)(C)C)/C2=C/C/C=C\C=CC21.O=C1CCCO1. The predicted molar refractivity (Wildman–Crippen MR) is 119 cm³/mol. The molecule has 3 N–H and O–H groups in total. The Morgan fingerprint density at radius 1 is 1.27 bits per heavy atom. The zero-order chi connectivity index (χ0) is 24.2. The molecular weight excluding hydrogens is 428 g/mol. The number of cyclic esters (lactones) is 1. The number of nitrogens with zero attached hydrogens (tertiary/aromatic N) is 4. The van der Waals surface area contributed by atoms with E-state index in [-0.39, 0.29) is 23.9 Å². The van der Waals surface area contributed by atoms with Gasteiger partial charge in [0.05, 0.1) is 18.3 Å². The molecule has 33 heavy (non-hydrogen) atoms. The van der Waals surface area contributed by atoms with Crippen LogP contribution in [0.1, 0.15) is 52.0 Å². The lowest BCUT2D eigenvalue weighted by molar-refractivity contribution is -0.137. The van der Waals surface area contributed by atoms with Crippen molar-refractivity contribution >= 4 is 24.0 Å². The number of likely N-dealkylation sites (N-methyl/N-ethyl adjacent to an activating group) is 1. The highest BCUT2D eigenvalue weighted by molar-refractivity contribution is 5.98. The number of aromatic nitrogens is 2. The number of nitrogens with one attached hydrogen (secondary N) is 1. The van der Waals surface area contributed by atoms with E-state index in [1.807, 2.05) is 51.2 Å². The first-order valence-corrected chi connectivity index (χ1v) is 10.7. The molecular formula is C22H30N6O5. The fraction of sp³-hybridized carbons (Fsp3) is 0.500. The van der Waals surface area contributed by atoms with Crippen LogP contribution in [0.4, 0.5) is 15.6 Å². The van der Waals surface area contributed by atoms with E-state index in [4.69, 9.17) is 10.2 Å². The minimum atomic E-state index is -0.614. The van der Waals surface area contributed by atoms with Gasteiger partial charge in [0.25, 0.3) is 0 Å². The van der Waals surface area contributed by atoms with Gasteiger partial charge in [0.15, 0.2) is 0 Å². The number of urea groups is 2. The number of amides is 4. The van der Waals surface area contributed by atoms with Crippen molar-refractivity contribution in [3.63, 3.8) is 0 Å². The van der Waals surface area contributed by atoms with E-state index >= 15 is 0 Å². The third-order valence-corrected chi connectivity index (χ3v) is 5.30. The van der Waals surface area contributed by atoms with Crippen molar-refractivity contribution in [2.24, 2.45) is 5.41 Å². The number of hydrogen-bond acceptors (Lipinski definition) is 8. The number of fused-ring (bicyclic) bond motifs is 1. The van der Waals surface area contributed by atoms with Gasteiger partial charge in [0.2, 0.25) is 5.89 Å². The number of carbonyl (C=O) groups is 3. The van der Waals surface area contributed by atoms with Crippen LogP contribution in [0.25, 0.3) is 0 Å². The van der Waals surface area contributed by atoms with Crippen LogP contribution >= 0.6 is 0 Å². The molecule has 0 saturated carbocycles. The van der Waals surface area contributed by atoms with Crippen LogP contribution in [0.2, 0.25) is 0 Å². The minimum Gasteiger partial charge on any atom is -0.466 e. The molecule has 1 aliphatic carbocycles. The summed E-state index contributed by atoms with van der Waals surface area (Å²) in [6, 6.07) is -1.93. The smallest absolute Gasteiger partial charge is 0.333 e. The molecule has 2 fully saturated rings. The lowest BCUT2D eigenvalue weighted by Crippen LogP contribution is -2.46. The molecule has 0 spiro atoms. The molecule has 2 saturated heterocycles. The summed E-state index contributed by atoms with van der Waals surface area (Å²) in [5.41, 5.74) is 5.70. The molecule has 1 unspecified atom stereocenters. The number of rotatable bonds is 2. The van der Waals surface area contributed by atoms with E-state index < -0.39 is 23.5 Å². The molecule has 1 aromatic rings. The first-order valence-electron chi connectivity index (χ1n) is 10.7. The second-order valence-corrected chi connectivity index (χ2v) is 8.90. The number of hydrogen-bond donors (Lipinski definition) is 2. The maximum Gasteiger partial charge on any atom is 0.333 e. The number of carbonyl (C=O) groups excluding carboxylic acids is 3. The number of nitrogens with two attached hydrogens (primary N) is 1. The Balaban J connectivity index is 0.000000442. The molecule has 178 valence electrons. The van der Waals surface area contributed by atoms with Crippen LogP contribution in [-0.2, 0) is 9.53 Å². The summed E-state index contributed by atoms with van der Waals surface area (Å²) in [4.78, 5) is 38.5. The topological polar surface area (TPSA) is 144 Å². The number of allylic oxidation sites excluding steroid dienone is 4. The molecule has 4 amide bonds. The van der Waals surface area contributed by atoms with Crippen molar-refractivity contribution in [3.8, 4) is 0 Å². The molecule has 11 heteroatoms. The molecule has 2 aliphatic heterocycles. The van der Waals surface area contributed by atoms with Gasteiger partial charge < -0.3 is 25.1 Å². The van der Waals surface area contributed by atoms with Crippen molar-refractivity contribution < 1.29 is 23.5 Å². The summed E-state index contributed by atoms with van der Waals surface area (Å²) < 4.78 is 9.83. The molecule has 0 bridgehead atoms. The highest BCUT2D eigenvalue weighted by atomic mass is 16.5. The van der Waals surface area contributed by atoms with Crippen LogP contribution in [0.3, 0.4) is 0 Å². The first-order chi connectivity index (χ1) is 15.6. The Labute approximate surface area is 192 Å². The van der Waals surface area contributed by atoms with Gasteiger partial charge in [0, 0.05) is 13.5 Å². The number of nitrogen functional groups attached to an aromatic ring is 1. The molecule has 3 aliphatic rings. The maximum absolute atomic E-state index is 13.1.